The molecule has 0 bridgehead atoms. The van der Waals surface area contributed by atoms with E-state index in [9.17, 15) is 0 Å². The first-order chi connectivity index (χ1) is 8.08. The summed E-state index contributed by atoms with van der Waals surface area (Å²) in [6.45, 7) is 6.27. The number of hydrogen-bond acceptors (Lipinski definition) is 3. The third-order valence-electron chi connectivity index (χ3n) is 2.80. The Bertz CT molecular complexity index is 497. The van der Waals surface area contributed by atoms with Crippen molar-refractivity contribution in [2.24, 2.45) is 0 Å². The summed E-state index contributed by atoms with van der Waals surface area (Å²) in [6.07, 6.45) is 0.791. The maximum absolute atomic E-state index is 5.67. The molecule has 0 saturated heterocycles. The van der Waals surface area contributed by atoms with Gasteiger partial charge in [0.25, 0.3) is 0 Å². The summed E-state index contributed by atoms with van der Waals surface area (Å²) < 4.78 is 2.16. The van der Waals surface area contributed by atoms with Gasteiger partial charge in [0.15, 0.2) is 0 Å². The maximum Gasteiger partial charge on any atom is 0.137 e. The molecular weight excluding hydrogens is 212 g/mol. The number of nitrogens with two attached hydrogens (primary N) is 1. The molecule has 90 valence electrons. The van der Waals surface area contributed by atoms with Gasteiger partial charge in [-0.15, -0.1) is 10.2 Å². The van der Waals surface area contributed by atoms with Crippen LogP contribution in [0.3, 0.4) is 0 Å². The van der Waals surface area contributed by atoms with Gasteiger partial charge in [0.2, 0.25) is 0 Å². The third-order valence-corrected chi connectivity index (χ3v) is 2.80. The number of hydrogen-bond donors (Lipinski definition) is 1. The summed E-state index contributed by atoms with van der Waals surface area (Å²) in [5.74, 6) is 1.97. The zero-order chi connectivity index (χ0) is 12.4. The van der Waals surface area contributed by atoms with Crippen LogP contribution in [0.15, 0.2) is 24.3 Å². The van der Waals surface area contributed by atoms with Crippen LogP contribution in [0.1, 0.15) is 37.1 Å². The van der Waals surface area contributed by atoms with Crippen molar-refractivity contribution in [1.29, 1.82) is 0 Å². The predicted octanol–water partition coefficient (Wildman–Crippen LogP) is 2.34. The molecule has 0 atom stereocenters. The van der Waals surface area contributed by atoms with Crippen molar-refractivity contribution >= 4 is 5.69 Å². The Balaban J connectivity index is 2.27. The fraction of sp³-hybridized carbons (Fsp3) is 0.385. The first-order valence-corrected chi connectivity index (χ1v) is 5.82. The molecule has 4 heteroatoms. The topological polar surface area (TPSA) is 56.7 Å². The van der Waals surface area contributed by atoms with Crippen LogP contribution in [0.5, 0.6) is 0 Å². The first-order valence-electron chi connectivity index (χ1n) is 5.82. The highest BCUT2D eigenvalue weighted by molar-refractivity contribution is 5.39. The molecule has 0 fully saturated rings. The molecule has 0 radical (unpaired) electrons. The summed E-state index contributed by atoms with van der Waals surface area (Å²) >= 11 is 0. The average molecular weight is 230 g/mol. The van der Waals surface area contributed by atoms with Gasteiger partial charge >= 0.3 is 0 Å². The highest BCUT2D eigenvalue weighted by atomic mass is 15.3. The summed E-state index contributed by atoms with van der Waals surface area (Å²) in [7, 11) is 0. The Morgan fingerprint density at radius 2 is 1.82 bits per heavy atom. The zero-order valence-corrected chi connectivity index (χ0v) is 10.5. The van der Waals surface area contributed by atoms with E-state index in [4.69, 9.17) is 5.73 Å². The van der Waals surface area contributed by atoms with E-state index in [2.05, 4.69) is 28.6 Å². The minimum absolute atomic E-state index is 0.383. The third kappa shape index (κ3) is 2.46. The highest BCUT2D eigenvalue weighted by Crippen LogP contribution is 2.15. The van der Waals surface area contributed by atoms with Crippen LogP contribution >= 0.6 is 0 Å². The fourth-order valence-electron chi connectivity index (χ4n) is 2.02. The summed E-state index contributed by atoms with van der Waals surface area (Å²) in [6, 6.07) is 8.28. The molecular formula is C13H18N4. The Kier molecular flexibility index (Phi) is 3.13. The smallest absolute Gasteiger partial charge is 0.137 e. The number of nitrogens with zero attached hydrogens (tertiary/aromatic N) is 3. The molecule has 1 aromatic carbocycles. The van der Waals surface area contributed by atoms with Crippen LogP contribution in [-0.2, 0) is 6.42 Å². The Morgan fingerprint density at radius 3 is 2.41 bits per heavy atom. The molecule has 1 heterocycles. The van der Waals surface area contributed by atoms with E-state index < -0.39 is 0 Å². The second-order valence-corrected chi connectivity index (χ2v) is 4.55. The molecule has 17 heavy (non-hydrogen) atoms. The van der Waals surface area contributed by atoms with E-state index in [1.165, 1.54) is 5.56 Å². The highest BCUT2D eigenvalue weighted by Gasteiger charge is 2.11. The van der Waals surface area contributed by atoms with Gasteiger partial charge in [-0.05, 0) is 38.5 Å². The lowest BCUT2D eigenvalue weighted by molar-refractivity contribution is 0.559. The molecule has 0 spiro atoms. The second-order valence-electron chi connectivity index (χ2n) is 4.55. The van der Waals surface area contributed by atoms with E-state index in [1.807, 2.05) is 31.2 Å². The minimum atomic E-state index is 0.383. The summed E-state index contributed by atoms with van der Waals surface area (Å²) in [5.41, 5.74) is 7.66. The average Bonchev–Trinajstić information content (AvgIpc) is 2.63. The van der Waals surface area contributed by atoms with Crippen molar-refractivity contribution in [3.05, 3.63) is 41.5 Å². The number of aromatic nitrogens is 3. The van der Waals surface area contributed by atoms with Crippen LogP contribution < -0.4 is 5.73 Å². The van der Waals surface area contributed by atoms with Crippen molar-refractivity contribution in [2.45, 2.75) is 33.2 Å². The van der Waals surface area contributed by atoms with Gasteiger partial charge in [-0.1, -0.05) is 12.1 Å². The quantitative estimate of drug-likeness (QED) is 0.823. The molecule has 2 N–H and O–H groups in total. The molecule has 0 aliphatic carbocycles. The Labute approximate surface area is 101 Å². The molecule has 0 saturated carbocycles. The van der Waals surface area contributed by atoms with Gasteiger partial charge in [0, 0.05) is 18.2 Å². The lowest BCUT2D eigenvalue weighted by Crippen LogP contribution is -2.08. The van der Waals surface area contributed by atoms with Crippen LogP contribution in [0.25, 0.3) is 0 Å². The number of rotatable bonds is 3. The largest absolute Gasteiger partial charge is 0.399 e. The monoisotopic (exact) mass is 230 g/mol. The normalized spacial score (nSPS) is 11.1. The lowest BCUT2D eigenvalue weighted by Gasteiger charge is -2.12. The Morgan fingerprint density at radius 1 is 1.18 bits per heavy atom. The van der Waals surface area contributed by atoms with Gasteiger partial charge in [-0.25, -0.2) is 0 Å². The van der Waals surface area contributed by atoms with Gasteiger partial charge in [-0.3, -0.25) is 0 Å². The van der Waals surface area contributed by atoms with E-state index in [-0.39, 0.29) is 0 Å². The Hall–Kier alpha value is -1.84. The molecule has 0 unspecified atom stereocenters. The van der Waals surface area contributed by atoms with E-state index in [0.29, 0.717) is 6.04 Å². The van der Waals surface area contributed by atoms with E-state index >= 15 is 0 Å². The lowest BCUT2D eigenvalue weighted by atomic mass is 10.1. The van der Waals surface area contributed by atoms with Crippen molar-refractivity contribution in [2.75, 3.05) is 5.73 Å². The molecule has 2 rings (SSSR count). The van der Waals surface area contributed by atoms with Crippen LogP contribution in [0, 0.1) is 6.92 Å². The van der Waals surface area contributed by atoms with Gasteiger partial charge < -0.3 is 10.3 Å². The molecule has 4 nitrogen and oxygen atoms in total. The SMILES string of the molecule is Cc1nnc(Cc2ccc(N)cc2)n1C(C)C. The van der Waals surface area contributed by atoms with Crippen LogP contribution in [0.2, 0.25) is 0 Å². The van der Waals surface area contributed by atoms with Gasteiger partial charge in [0.1, 0.15) is 11.6 Å². The second kappa shape index (κ2) is 4.57. The van der Waals surface area contributed by atoms with Crippen molar-refractivity contribution in [3.63, 3.8) is 0 Å². The van der Waals surface area contributed by atoms with Crippen molar-refractivity contribution in [1.82, 2.24) is 14.8 Å². The van der Waals surface area contributed by atoms with Crippen LogP contribution in [0.4, 0.5) is 5.69 Å². The van der Waals surface area contributed by atoms with E-state index in [0.717, 1.165) is 23.8 Å². The predicted molar refractivity (Wildman–Crippen MR) is 68.8 cm³/mol. The van der Waals surface area contributed by atoms with Crippen LogP contribution in [-0.4, -0.2) is 14.8 Å². The molecule has 2 aromatic rings. The minimum Gasteiger partial charge on any atom is -0.399 e. The molecule has 0 aliphatic heterocycles. The molecule has 1 aromatic heterocycles. The number of benzene rings is 1. The van der Waals surface area contributed by atoms with Crippen molar-refractivity contribution < 1.29 is 0 Å². The summed E-state index contributed by atoms with van der Waals surface area (Å²) in [5, 5.41) is 8.38. The first kappa shape index (κ1) is 11.6. The van der Waals surface area contributed by atoms with Gasteiger partial charge in [0.05, 0.1) is 0 Å². The standard InChI is InChI=1S/C13H18N4/c1-9(2)17-10(3)15-16-13(17)8-11-4-6-12(14)7-5-11/h4-7,9H,8,14H2,1-3H3. The zero-order valence-electron chi connectivity index (χ0n) is 10.5. The molecule has 0 amide bonds. The number of aryl methyl sites for hydroxylation is 1. The van der Waals surface area contributed by atoms with Gasteiger partial charge in [-0.2, -0.15) is 0 Å². The number of anilines is 1. The number of nitrogen functional groups attached to an aromatic ring is 1. The van der Waals surface area contributed by atoms with Crippen molar-refractivity contribution in [3.8, 4) is 0 Å². The maximum atomic E-state index is 5.67. The summed E-state index contributed by atoms with van der Waals surface area (Å²) in [4.78, 5) is 0. The fourth-order valence-corrected chi connectivity index (χ4v) is 2.02. The van der Waals surface area contributed by atoms with E-state index in [1.54, 1.807) is 0 Å². The molecule has 0 aliphatic rings.